The Balaban J connectivity index is 1.64. The van der Waals surface area contributed by atoms with E-state index < -0.39 is 0 Å². The highest BCUT2D eigenvalue weighted by Crippen LogP contribution is 2.21. The van der Waals surface area contributed by atoms with Crippen molar-refractivity contribution in [2.75, 3.05) is 18.9 Å². The zero-order chi connectivity index (χ0) is 18.1. The minimum Gasteiger partial charge on any atom is -0.365 e. The zero-order valence-electron chi connectivity index (χ0n) is 14.0. The van der Waals surface area contributed by atoms with E-state index in [0.29, 0.717) is 47.4 Å². The van der Waals surface area contributed by atoms with Crippen LogP contribution in [0, 0.1) is 0 Å². The fraction of sp³-hybridized carbons (Fsp3) is 0.235. The molecule has 26 heavy (non-hydrogen) atoms. The zero-order valence-corrected chi connectivity index (χ0v) is 14.8. The highest BCUT2D eigenvalue weighted by molar-refractivity contribution is 7.13. The summed E-state index contributed by atoms with van der Waals surface area (Å²) in [6.45, 7) is 0.764. The van der Waals surface area contributed by atoms with E-state index in [9.17, 15) is 9.59 Å². The van der Waals surface area contributed by atoms with Gasteiger partial charge in [0.25, 0.3) is 11.5 Å². The van der Waals surface area contributed by atoms with Crippen molar-refractivity contribution in [3.05, 3.63) is 57.2 Å². The number of thiazole rings is 1. The number of H-pyrrole nitrogens is 1. The molecule has 0 aliphatic carbocycles. The number of hydrogen-bond donors (Lipinski definition) is 2. The molecule has 4 heterocycles. The average Bonchev–Trinajstić information content (AvgIpc) is 3.17. The van der Waals surface area contributed by atoms with Crippen LogP contribution in [-0.2, 0) is 13.0 Å². The molecule has 3 aromatic heterocycles. The number of nitrogens with zero attached hydrogens (tertiary/aromatic N) is 4. The highest BCUT2D eigenvalue weighted by Gasteiger charge is 2.26. The van der Waals surface area contributed by atoms with Crippen LogP contribution in [0.5, 0.6) is 0 Å². The van der Waals surface area contributed by atoms with Crippen LogP contribution in [0.15, 0.2) is 34.7 Å². The first-order chi connectivity index (χ1) is 12.7. The smallest absolute Gasteiger partial charge is 0.273 e. The first kappa shape index (κ1) is 16.4. The van der Waals surface area contributed by atoms with Crippen LogP contribution in [-0.4, -0.2) is 44.3 Å². The number of aromatic nitrogens is 4. The molecular weight excluding hydrogens is 352 g/mol. The van der Waals surface area contributed by atoms with Gasteiger partial charge in [0.05, 0.1) is 12.2 Å². The van der Waals surface area contributed by atoms with Gasteiger partial charge in [0, 0.05) is 42.5 Å². The molecule has 0 radical (unpaired) electrons. The van der Waals surface area contributed by atoms with E-state index in [2.05, 4.69) is 25.3 Å². The maximum atomic E-state index is 12.7. The number of fused-ring (bicyclic) bond motifs is 1. The highest BCUT2D eigenvalue weighted by atomic mass is 32.1. The minimum absolute atomic E-state index is 0.152. The summed E-state index contributed by atoms with van der Waals surface area (Å²) in [5, 5.41) is 5.36. The summed E-state index contributed by atoms with van der Waals surface area (Å²) < 4.78 is 0. The van der Waals surface area contributed by atoms with Gasteiger partial charge in [-0.25, -0.2) is 9.97 Å². The summed E-state index contributed by atoms with van der Waals surface area (Å²) in [6, 6.07) is 3.57. The summed E-state index contributed by atoms with van der Waals surface area (Å²) in [5.74, 6) is 0.331. The number of rotatable bonds is 3. The van der Waals surface area contributed by atoms with Gasteiger partial charge in [0.2, 0.25) is 0 Å². The first-order valence-electron chi connectivity index (χ1n) is 8.10. The van der Waals surface area contributed by atoms with Crippen LogP contribution in [0.2, 0.25) is 0 Å². The van der Waals surface area contributed by atoms with E-state index in [-0.39, 0.29) is 11.5 Å². The van der Waals surface area contributed by atoms with E-state index in [4.69, 9.17) is 0 Å². The lowest BCUT2D eigenvalue weighted by molar-refractivity contribution is 0.0726. The second-order valence-electron chi connectivity index (χ2n) is 5.84. The van der Waals surface area contributed by atoms with Gasteiger partial charge < -0.3 is 15.2 Å². The van der Waals surface area contributed by atoms with E-state index in [0.717, 1.165) is 5.56 Å². The molecule has 3 aromatic rings. The fourth-order valence-corrected chi connectivity index (χ4v) is 3.55. The molecular formula is C17H16N6O2S. The number of anilines is 1. The standard InChI is InChI=1S/C17H16N6O2S/c1-18-17-21-13(9-26-17)16(25)23-7-4-11-12(8-23)20-14(22-15(11)24)10-2-5-19-6-3-10/h2-3,5-6,9H,4,7-8H2,1H3,(H,18,21)(H,20,22,24). The average molecular weight is 368 g/mol. The predicted molar refractivity (Wildman–Crippen MR) is 98.2 cm³/mol. The van der Waals surface area contributed by atoms with Crippen molar-refractivity contribution < 1.29 is 4.79 Å². The van der Waals surface area contributed by atoms with Gasteiger partial charge in [0.1, 0.15) is 11.5 Å². The van der Waals surface area contributed by atoms with E-state index in [1.54, 1.807) is 41.9 Å². The van der Waals surface area contributed by atoms with Crippen molar-refractivity contribution in [3.8, 4) is 11.4 Å². The fourth-order valence-electron chi connectivity index (χ4n) is 2.91. The molecule has 0 atom stereocenters. The van der Waals surface area contributed by atoms with Crippen molar-refractivity contribution in [2.45, 2.75) is 13.0 Å². The summed E-state index contributed by atoms with van der Waals surface area (Å²) in [4.78, 5) is 42.4. The van der Waals surface area contributed by atoms with Crippen molar-refractivity contribution >= 4 is 22.4 Å². The molecule has 4 rings (SSSR count). The van der Waals surface area contributed by atoms with Crippen molar-refractivity contribution in [3.63, 3.8) is 0 Å². The molecule has 0 bridgehead atoms. The molecule has 0 saturated carbocycles. The van der Waals surface area contributed by atoms with Crippen LogP contribution in [0.25, 0.3) is 11.4 Å². The Kier molecular flexibility index (Phi) is 4.21. The Morgan fingerprint density at radius 1 is 1.31 bits per heavy atom. The summed E-state index contributed by atoms with van der Waals surface area (Å²) in [5.41, 5.74) is 2.30. The van der Waals surface area contributed by atoms with Gasteiger partial charge in [-0.3, -0.25) is 14.6 Å². The van der Waals surface area contributed by atoms with Crippen LogP contribution < -0.4 is 10.9 Å². The van der Waals surface area contributed by atoms with Crippen molar-refractivity contribution in [2.24, 2.45) is 0 Å². The molecule has 9 heteroatoms. The summed E-state index contributed by atoms with van der Waals surface area (Å²) >= 11 is 1.38. The number of carbonyl (C=O) groups excluding carboxylic acids is 1. The van der Waals surface area contributed by atoms with Crippen LogP contribution in [0.1, 0.15) is 21.7 Å². The number of aromatic amines is 1. The summed E-state index contributed by atoms with van der Waals surface area (Å²) in [6.07, 6.45) is 3.77. The molecule has 8 nitrogen and oxygen atoms in total. The van der Waals surface area contributed by atoms with Gasteiger partial charge in [-0.15, -0.1) is 11.3 Å². The number of carbonyl (C=O) groups is 1. The number of pyridine rings is 1. The van der Waals surface area contributed by atoms with Gasteiger partial charge in [0.15, 0.2) is 5.13 Å². The van der Waals surface area contributed by atoms with Gasteiger partial charge in [-0.1, -0.05) is 0 Å². The van der Waals surface area contributed by atoms with Crippen molar-refractivity contribution in [1.82, 2.24) is 24.8 Å². The second-order valence-corrected chi connectivity index (χ2v) is 6.70. The summed E-state index contributed by atoms with van der Waals surface area (Å²) in [7, 11) is 1.76. The Labute approximate surface area is 153 Å². The maximum absolute atomic E-state index is 12.7. The third kappa shape index (κ3) is 2.97. The lowest BCUT2D eigenvalue weighted by Gasteiger charge is -2.27. The quantitative estimate of drug-likeness (QED) is 0.727. The Morgan fingerprint density at radius 3 is 2.85 bits per heavy atom. The molecule has 132 valence electrons. The molecule has 1 aliphatic rings. The molecule has 2 N–H and O–H groups in total. The molecule has 0 fully saturated rings. The maximum Gasteiger partial charge on any atom is 0.273 e. The second kappa shape index (κ2) is 6.68. The number of nitrogens with one attached hydrogen (secondary N) is 2. The topological polar surface area (TPSA) is 104 Å². The van der Waals surface area contributed by atoms with Gasteiger partial charge in [-0.05, 0) is 18.6 Å². The van der Waals surface area contributed by atoms with E-state index >= 15 is 0 Å². The van der Waals surface area contributed by atoms with Crippen LogP contribution >= 0.6 is 11.3 Å². The lowest BCUT2D eigenvalue weighted by Crippen LogP contribution is -2.39. The van der Waals surface area contributed by atoms with E-state index in [1.165, 1.54) is 11.3 Å². The monoisotopic (exact) mass is 368 g/mol. The molecule has 0 spiro atoms. The minimum atomic E-state index is -0.153. The third-order valence-electron chi connectivity index (χ3n) is 4.25. The van der Waals surface area contributed by atoms with Crippen molar-refractivity contribution in [1.29, 1.82) is 0 Å². The number of amides is 1. The molecule has 0 aromatic carbocycles. The molecule has 1 aliphatic heterocycles. The first-order valence-corrected chi connectivity index (χ1v) is 8.98. The predicted octanol–water partition coefficient (Wildman–Crippen LogP) is 1.53. The third-order valence-corrected chi connectivity index (χ3v) is 5.11. The molecule has 0 saturated heterocycles. The molecule has 1 amide bonds. The van der Waals surface area contributed by atoms with Crippen LogP contribution in [0.3, 0.4) is 0 Å². The lowest BCUT2D eigenvalue weighted by atomic mass is 10.1. The largest absolute Gasteiger partial charge is 0.365 e. The Bertz CT molecular complexity index is 1010. The number of hydrogen-bond acceptors (Lipinski definition) is 7. The van der Waals surface area contributed by atoms with E-state index in [1.807, 2.05) is 0 Å². The SMILES string of the molecule is CNc1nc(C(=O)N2CCc3c(nc(-c4ccncc4)[nH]c3=O)C2)cs1. The van der Waals surface area contributed by atoms with Crippen LogP contribution in [0.4, 0.5) is 5.13 Å². The molecule has 0 unspecified atom stereocenters. The van der Waals surface area contributed by atoms with Gasteiger partial charge >= 0.3 is 0 Å². The van der Waals surface area contributed by atoms with Gasteiger partial charge in [-0.2, -0.15) is 0 Å². The Morgan fingerprint density at radius 2 is 2.12 bits per heavy atom. The normalized spacial score (nSPS) is 13.3. The Hall–Kier alpha value is -3.07.